The van der Waals surface area contributed by atoms with Gasteiger partial charge in [0.15, 0.2) is 5.13 Å². The molecule has 3 amide bonds. The standard InChI is InChI=1S/C15H23N5O2S/c1-15(2)12(21)20(13(22)17-15)10-8-18-5-3-6-19(9-7-18)14-16-4-11-23-14/h4,11H,3,5-10H2,1-2H3,(H,17,22). The number of hydrogen-bond donors (Lipinski definition) is 1. The molecule has 0 atom stereocenters. The molecule has 3 heterocycles. The molecule has 7 nitrogen and oxygen atoms in total. The molecule has 0 radical (unpaired) electrons. The van der Waals surface area contributed by atoms with Crippen LogP contribution in [0.2, 0.25) is 0 Å². The number of nitrogens with zero attached hydrogens (tertiary/aromatic N) is 4. The van der Waals surface area contributed by atoms with Gasteiger partial charge in [0.1, 0.15) is 5.54 Å². The zero-order valence-electron chi connectivity index (χ0n) is 13.6. The second-order valence-corrected chi connectivity index (χ2v) is 7.38. The maximum absolute atomic E-state index is 12.2. The topological polar surface area (TPSA) is 68.8 Å². The molecule has 1 aromatic rings. The van der Waals surface area contributed by atoms with Crippen LogP contribution in [0.5, 0.6) is 0 Å². The van der Waals surface area contributed by atoms with Gasteiger partial charge in [0.25, 0.3) is 5.91 Å². The van der Waals surface area contributed by atoms with Crippen molar-refractivity contribution >= 4 is 28.4 Å². The molecule has 0 bridgehead atoms. The van der Waals surface area contributed by atoms with Crippen molar-refractivity contribution in [3.8, 4) is 0 Å². The van der Waals surface area contributed by atoms with E-state index in [1.165, 1.54) is 4.90 Å². The van der Waals surface area contributed by atoms with Crippen molar-refractivity contribution in [1.82, 2.24) is 20.1 Å². The Morgan fingerprint density at radius 2 is 2.04 bits per heavy atom. The Hall–Kier alpha value is -1.67. The van der Waals surface area contributed by atoms with Crippen LogP contribution >= 0.6 is 11.3 Å². The van der Waals surface area contributed by atoms with E-state index in [0.717, 1.165) is 44.3 Å². The van der Waals surface area contributed by atoms with Gasteiger partial charge < -0.3 is 10.2 Å². The Balaban J connectivity index is 1.52. The quantitative estimate of drug-likeness (QED) is 0.830. The van der Waals surface area contributed by atoms with Crippen LogP contribution in [-0.2, 0) is 4.79 Å². The third-order valence-electron chi connectivity index (χ3n) is 4.36. The maximum atomic E-state index is 12.2. The van der Waals surface area contributed by atoms with Crippen LogP contribution in [-0.4, -0.2) is 71.5 Å². The summed E-state index contributed by atoms with van der Waals surface area (Å²) in [6, 6.07) is -0.278. The summed E-state index contributed by atoms with van der Waals surface area (Å²) in [5.74, 6) is -0.137. The molecule has 2 aliphatic rings. The van der Waals surface area contributed by atoms with Crippen LogP contribution in [0.1, 0.15) is 20.3 Å². The van der Waals surface area contributed by atoms with Crippen LogP contribution < -0.4 is 10.2 Å². The van der Waals surface area contributed by atoms with E-state index >= 15 is 0 Å². The fourth-order valence-electron chi connectivity index (χ4n) is 3.02. The summed E-state index contributed by atoms with van der Waals surface area (Å²) >= 11 is 1.66. The Labute approximate surface area is 140 Å². The van der Waals surface area contributed by atoms with Gasteiger partial charge in [-0.05, 0) is 26.8 Å². The van der Waals surface area contributed by atoms with Crippen molar-refractivity contribution in [3.05, 3.63) is 11.6 Å². The molecule has 0 aliphatic carbocycles. The molecule has 0 unspecified atom stereocenters. The Kier molecular flexibility index (Phi) is 4.54. The van der Waals surface area contributed by atoms with E-state index in [1.54, 1.807) is 25.2 Å². The van der Waals surface area contributed by atoms with Crippen molar-refractivity contribution in [2.75, 3.05) is 44.2 Å². The molecule has 23 heavy (non-hydrogen) atoms. The summed E-state index contributed by atoms with van der Waals surface area (Å²) in [6.07, 6.45) is 2.90. The zero-order valence-corrected chi connectivity index (χ0v) is 14.4. The average Bonchev–Trinajstić information content (AvgIpc) is 3.00. The molecule has 0 saturated carbocycles. The number of carbonyl (C=O) groups is 2. The van der Waals surface area contributed by atoms with Gasteiger partial charge >= 0.3 is 6.03 Å². The minimum Gasteiger partial charge on any atom is -0.347 e. The minimum atomic E-state index is -0.780. The number of anilines is 1. The average molecular weight is 337 g/mol. The van der Waals surface area contributed by atoms with E-state index in [1.807, 2.05) is 11.6 Å². The lowest BCUT2D eigenvalue weighted by Crippen LogP contribution is -2.42. The number of thiazole rings is 1. The number of amides is 3. The Morgan fingerprint density at radius 3 is 2.70 bits per heavy atom. The van der Waals surface area contributed by atoms with Crippen LogP contribution in [0.4, 0.5) is 9.93 Å². The molecule has 0 aromatic carbocycles. The second-order valence-electron chi connectivity index (χ2n) is 6.51. The Morgan fingerprint density at radius 1 is 1.22 bits per heavy atom. The molecule has 3 rings (SSSR count). The summed E-state index contributed by atoms with van der Waals surface area (Å²) in [5.41, 5.74) is -0.780. The second kappa shape index (κ2) is 6.45. The molecule has 1 N–H and O–H groups in total. The van der Waals surface area contributed by atoms with Crippen LogP contribution in [0.3, 0.4) is 0 Å². The number of urea groups is 1. The first-order valence-corrected chi connectivity index (χ1v) is 8.86. The highest BCUT2D eigenvalue weighted by molar-refractivity contribution is 7.13. The fraction of sp³-hybridized carbons (Fsp3) is 0.667. The molecule has 2 saturated heterocycles. The first-order chi connectivity index (χ1) is 11.0. The van der Waals surface area contributed by atoms with Crippen molar-refractivity contribution < 1.29 is 9.59 Å². The maximum Gasteiger partial charge on any atom is 0.325 e. The van der Waals surface area contributed by atoms with E-state index in [9.17, 15) is 9.59 Å². The normalized spacial score (nSPS) is 22.3. The number of carbonyl (C=O) groups excluding carboxylic acids is 2. The first-order valence-electron chi connectivity index (χ1n) is 7.98. The van der Waals surface area contributed by atoms with Crippen molar-refractivity contribution in [2.24, 2.45) is 0 Å². The van der Waals surface area contributed by atoms with Gasteiger partial charge in [-0.15, -0.1) is 11.3 Å². The van der Waals surface area contributed by atoms with E-state index in [0.29, 0.717) is 6.54 Å². The summed E-state index contributed by atoms with van der Waals surface area (Å²) in [7, 11) is 0. The SMILES string of the molecule is CC1(C)NC(=O)N(CCN2CCCN(c3nccs3)CC2)C1=O. The van der Waals surface area contributed by atoms with Gasteiger partial charge in [0.05, 0.1) is 0 Å². The Bertz CT molecular complexity index is 574. The van der Waals surface area contributed by atoms with Gasteiger partial charge in [0.2, 0.25) is 0 Å². The smallest absolute Gasteiger partial charge is 0.325 e. The monoisotopic (exact) mass is 337 g/mol. The molecular formula is C15H23N5O2S. The molecular weight excluding hydrogens is 314 g/mol. The molecule has 126 valence electrons. The highest BCUT2D eigenvalue weighted by Crippen LogP contribution is 2.19. The molecule has 2 aliphatic heterocycles. The first kappa shape index (κ1) is 16.2. The van der Waals surface area contributed by atoms with E-state index in [2.05, 4.69) is 20.1 Å². The van der Waals surface area contributed by atoms with Crippen LogP contribution in [0, 0.1) is 0 Å². The minimum absolute atomic E-state index is 0.137. The van der Waals surface area contributed by atoms with Gasteiger partial charge in [-0.1, -0.05) is 0 Å². The van der Waals surface area contributed by atoms with Gasteiger partial charge in [0, 0.05) is 44.3 Å². The number of imide groups is 1. The van der Waals surface area contributed by atoms with Crippen molar-refractivity contribution in [1.29, 1.82) is 0 Å². The summed E-state index contributed by atoms with van der Waals surface area (Å²) in [5, 5.41) is 5.79. The lowest BCUT2D eigenvalue weighted by Gasteiger charge is -2.23. The molecule has 1 aromatic heterocycles. The third-order valence-corrected chi connectivity index (χ3v) is 5.19. The predicted molar refractivity (Wildman–Crippen MR) is 89.7 cm³/mol. The summed E-state index contributed by atoms with van der Waals surface area (Å²) in [4.78, 5) is 34.4. The van der Waals surface area contributed by atoms with E-state index in [4.69, 9.17) is 0 Å². The predicted octanol–water partition coefficient (Wildman–Crippen LogP) is 0.986. The number of hydrogen-bond acceptors (Lipinski definition) is 6. The van der Waals surface area contributed by atoms with Gasteiger partial charge in [-0.2, -0.15) is 0 Å². The number of nitrogens with one attached hydrogen (secondary N) is 1. The van der Waals surface area contributed by atoms with Crippen LogP contribution in [0.15, 0.2) is 11.6 Å². The highest BCUT2D eigenvalue weighted by atomic mass is 32.1. The lowest BCUT2D eigenvalue weighted by atomic mass is 10.1. The molecule has 0 spiro atoms. The summed E-state index contributed by atoms with van der Waals surface area (Å²) in [6.45, 7) is 8.49. The largest absolute Gasteiger partial charge is 0.347 e. The highest BCUT2D eigenvalue weighted by Gasteiger charge is 2.43. The van der Waals surface area contributed by atoms with Crippen molar-refractivity contribution in [3.63, 3.8) is 0 Å². The number of rotatable bonds is 4. The molecule has 8 heteroatoms. The third kappa shape index (κ3) is 3.48. The van der Waals surface area contributed by atoms with Crippen LogP contribution in [0.25, 0.3) is 0 Å². The lowest BCUT2D eigenvalue weighted by molar-refractivity contribution is -0.130. The van der Waals surface area contributed by atoms with Gasteiger partial charge in [-0.25, -0.2) is 9.78 Å². The van der Waals surface area contributed by atoms with Crippen molar-refractivity contribution in [2.45, 2.75) is 25.8 Å². The molecule has 2 fully saturated rings. The van der Waals surface area contributed by atoms with Gasteiger partial charge in [-0.3, -0.25) is 14.6 Å². The fourth-order valence-corrected chi connectivity index (χ4v) is 3.72. The van der Waals surface area contributed by atoms with E-state index in [-0.39, 0.29) is 11.9 Å². The zero-order chi connectivity index (χ0) is 16.4. The number of aromatic nitrogens is 1. The summed E-state index contributed by atoms with van der Waals surface area (Å²) < 4.78 is 0. The van der Waals surface area contributed by atoms with E-state index < -0.39 is 5.54 Å².